The molecule has 8 heteroatoms. The van der Waals surface area contributed by atoms with Crippen molar-refractivity contribution < 1.29 is 24.0 Å². The van der Waals surface area contributed by atoms with Crippen molar-refractivity contribution in [1.29, 1.82) is 0 Å². The summed E-state index contributed by atoms with van der Waals surface area (Å²) >= 11 is 0. The number of carbonyl (C=O) groups excluding carboxylic acids is 1. The lowest BCUT2D eigenvalue weighted by molar-refractivity contribution is -0.385. The number of nitrogens with zero attached hydrogens (tertiary/aromatic N) is 1. The lowest BCUT2D eigenvalue weighted by Gasteiger charge is -2.13. The Hall–Kier alpha value is -3.39. The molecule has 0 aliphatic carbocycles. The van der Waals surface area contributed by atoms with E-state index >= 15 is 0 Å². The van der Waals surface area contributed by atoms with Crippen molar-refractivity contribution in [2.24, 2.45) is 0 Å². The number of hydrogen-bond acceptors (Lipinski definition) is 6. The van der Waals surface area contributed by atoms with Gasteiger partial charge in [0, 0.05) is 36.2 Å². The number of hydrogen-bond donors (Lipinski definition) is 1. The molecule has 0 atom stereocenters. The maximum atomic E-state index is 12.6. The summed E-state index contributed by atoms with van der Waals surface area (Å²) in [6.45, 7) is 2.39. The Morgan fingerprint density at radius 3 is 2.78 bits per heavy atom. The Kier molecular flexibility index (Phi) is 5.37. The zero-order chi connectivity index (χ0) is 19.4. The SMILES string of the molecule is CCOCc1c(C(=O)NCc2cc([N+](=O)[O-])ccc2[O-])oc2ccccc12. The molecule has 0 saturated carbocycles. The van der Waals surface area contributed by atoms with Crippen LogP contribution in [0.15, 0.2) is 46.9 Å². The van der Waals surface area contributed by atoms with E-state index in [4.69, 9.17) is 9.15 Å². The number of para-hydroxylation sites is 1. The molecule has 0 aliphatic heterocycles. The summed E-state index contributed by atoms with van der Waals surface area (Å²) in [6.07, 6.45) is 0. The van der Waals surface area contributed by atoms with Crippen molar-refractivity contribution >= 4 is 22.6 Å². The van der Waals surface area contributed by atoms with Gasteiger partial charge in [0.1, 0.15) is 5.58 Å². The number of benzene rings is 2. The highest BCUT2D eigenvalue weighted by Crippen LogP contribution is 2.27. The summed E-state index contributed by atoms with van der Waals surface area (Å²) in [4.78, 5) is 22.9. The molecule has 3 rings (SSSR count). The predicted octanol–water partition coefficient (Wildman–Crippen LogP) is 2.88. The van der Waals surface area contributed by atoms with Crippen molar-refractivity contribution in [2.75, 3.05) is 6.61 Å². The summed E-state index contributed by atoms with van der Waals surface area (Å²) in [5, 5.41) is 26.1. The molecule has 2 aromatic carbocycles. The number of nitrogens with one attached hydrogen (secondary N) is 1. The van der Waals surface area contributed by atoms with E-state index in [0.717, 1.165) is 23.6 Å². The first-order chi connectivity index (χ1) is 13.0. The van der Waals surface area contributed by atoms with Gasteiger partial charge in [0.15, 0.2) is 5.76 Å². The molecule has 27 heavy (non-hydrogen) atoms. The molecule has 0 saturated heterocycles. The minimum absolute atomic E-state index is 0.0996. The lowest BCUT2D eigenvalue weighted by atomic mass is 10.1. The maximum absolute atomic E-state index is 12.6. The topological polar surface area (TPSA) is 118 Å². The monoisotopic (exact) mass is 369 g/mol. The number of rotatable bonds is 7. The molecule has 0 radical (unpaired) electrons. The standard InChI is InChI=1S/C19H18N2O6/c1-2-26-11-15-14-5-3-4-6-17(14)27-18(15)19(23)20-10-12-9-13(21(24)25)7-8-16(12)22/h3-9,22H,2,10-11H2,1H3,(H,20,23)/p-1. The minimum atomic E-state index is -0.593. The van der Waals surface area contributed by atoms with Crippen LogP contribution in [0.3, 0.4) is 0 Å². The van der Waals surface area contributed by atoms with Crippen LogP contribution in [0.4, 0.5) is 5.69 Å². The van der Waals surface area contributed by atoms with Gasteiger partial charge in [-0.2, -0.15) is 0 Å². The number of non-ortho nitro benzene ring substituents is 1. The van der Waals surface area contributed by atoms with E-state index in [1.54, 1.807) is 12.1 Å². The zero-order valence-electron chi connectivity index (χ0n) is 14.6. The average Bonchev–Trinajstić information content (AvgIpc) is 3.04. The minimum Gasteiger partial charge on any atom is -0.872 e. The third-order valence-electron chi connectivity index (χ3n) is 4.05. The molecule has 0 bridgehead atoms. The summed E-state index contributed by atoms with van der Waals surface area (Å²) in [6, 6.07) is 10.6. The van der Waals surface area contributed by atoms with Gasteiger partial charge in [0.25, 0.3) is 11.6 Å². The quantitative estimate of drug-likeness (QED) is 0.505. The van der Waals surface area contributed by atoms with Gasteiger partial charge >= 0.3 is 0 Å². The fourth-order valence-corrected chi connectivity index (χ4v) is 2.70. The van der Waals surface area contributed by atoms with E-state index in [0.29, 0.717) is 17.8 Å². The summed E-state index contributed by atoms with van der Waals surface area (Å²) < 4.78 is 11.1. The van der Waals surface area contributed by atoms with Crippen LogP contribution in [-0.4, -0.2) is 17.4 Å². The number of fused-ring (bicyclic) bond motifs is 1. The Labute approximate surface area is 154 Å². The Bertz CT molecular complexity index is 995. The second-order valence-corrected chi connectivity index (χ2v) is 5.77. The van der Waals surface area contributed by atoms with Crippen LogP contribution >= 0.6 is 0 Å². The van der Waals surface area contributed by atoms with Gasteiger partial charge in [-0.05, 0) is 18.6 Å². The average molecular weight is 369 g/mol. The number of nitro benzene ring substituents is 1. The van der Waals surface area contributed by atoms with Crippen LogP contribution < -0.4 is 10.4 Å². The van der Waals surface area contributed by atoms with Gasteiger partial charge in [-0.25, -0.2) is 0 Å². The number of ether oxygens (including phenoxy) is 1. The third kappa shape index (κ3) is 3.90. The first-order valence-electron chi connectivity index (χ1n) is 8.32. The van der Waals surface area contributed by atoms with Gasteiger partial charge in [-0.3, -0.25) is 14.9 Å². The molecular weight excluding hydrogens is 352 g/mol. The number of furan rings is 1. The number of carbonyl (C=O) groups is 1. The van der Waals surface area contributed by atoms with Crippen LogP contribution in [-0.2, 0) is 17.9 Å². The van der Waals surface area contributed by atoms with E-state index < -0.39 is 10.8 Å². The number of nitro groups is 1. The summed E-state index contributed by atoms with van der Waals surface area (Å²) in [7, 11) is 0. The normalized spacial score (nSPS) is 10.9. The second kappa shape index (κ2) is 7.88. The van der Waals surface area contributed by atoms with E-state index in [1.807, 2.05) is 19.1 Å². The van der Waals surface area contributed by atoms with E-state index in [1.165, 1.54) is 0 Å². The van der Waals surface area contributed by atoms with Crippen LogP contribution in [0.1, 0.15) is 28.6 Å². The fraction of sp³-hybridized carbons (Fsp3) is 0.211. The van der Waals surface area contributed by atoms with Crippen molar-refractivity contribution in [3.8, 4) is 5.75 Å². The Morgan fingerprint density at radius 2 is 2.04 bits per heavy atom. The second-order valence-electron chi connectivity index (χ2n) is 5.77. The molecule has 0 fully saturated rings. The molecule has 1 N–H and O–H groups in total. The molecule has 1 heterocycles. The Morgan fingerprint density at radius 1 is 1.26 bits per heavy atom. The van der Waals surface area contributed by atoms with Crippen LogP contribution in [0, 0.1) is 10.1 Å². The first-order valence-corrected chi connectivity index (χ1v) is 8.32. The molecule has 8 nitrogen and oxygen atoms in total. The molecule has 1 aromatic heterocycles. The van der Waals surface area contributed by atoms with Gasteiger partial charge < -0.3 is 19.6 Å². The highest BCUT2D eigenvalue weighted by Gasteiger charge is 2.20. The van der Waals surface area contributed by atoms with Crippen molar-refractivity contribution in [2.45, 2.75) is 20.1 Å². The molecule has 140 valence electrons. The molecule has 3 aromatic rings. The largest absolute Gasteiger partial charge is 0.872 e. The van der Waals surface area contributed by atoms with Crippen molar-refractivity contribution in [3.05, 3.63) is 69.5 Å². The summed E-state index contributed by atoms with van der Waals surface area (Å²) in [5.41, 5.74) is 1.09. The Balaban J connectivity index is 1.84. The van der Waals surface area contributed by atoms with Gasteiger partial charge in [-0.15, -0.1) is 5.75 Å². The molecule has 0 unspecified atom stereocenters. The predicted molar refractivity (Wildman–Crippen MR) is 95.3 cm³/mol. The molecule has 0 aliphatic rings. The van der Waals surface area contributed by atoms with Crippen LogP contribution in [0.25, 0.3) is 11.0 Å². The zero-order valence-corrected chi connectivity index (χ0v) is 14.6. The molecule has 0 spiro atoms. The van der Waals surface area contributed by atoms with Gasteiger partial charge in [0.05, 0.1) is 11.5 Å². The fourth-order valence-electron chi connectivity index (χ4n) is 2.70. The van der Waals surface area contributed by atoms with Crippen molar-refractivity contribution in [1.82, 2.24) is 5.32 Å². The van der Waals surface area contributed by atoms with E-state index in [2.05, 4.69) is 5.32 Å². The highest BCUT2D eigenvalue weighted by molar-refractivity contribution is 5.99. The third-order valence-corrected chi connectivity index (χ3v) is 4.05. The van der Waals surface area contributed by atoms with Crippen LogP contribution in [0.2, 0.25) is 0 Å². The van der Waals surface area contributed by atoms with Gasteiger partial charge in [0.2, 0.25) is 0 Å². The smallest absolute Gasteiger partial charge is 0.287 e. The van der Waals surface area contributed by atoms with Crippen LogP contribution in [0.5, 0.6) is 5.75 Å². The maximum Gasteiger partial charge on any atom is 0.287 e. The van der Waals surface area contributed by atoms with E-state index in [9.17, 15) is 20.0 Å². The summed E-state index contributed by atoms with van der Waals surface area (Å²) in [5.74, 6) is -0.811. The lowest BCUT2D eigenvalue weighted by Crippen LogP contribution is -2.24. The van der Waals surface area contributed by atoms with E-state index in [-0.39, 0.29) is 35.9 Å². The van der Waals surface area contributed by atoms with Gasteiger partial charge in [-0.1, -0.05) is 24.3 Å². The van der Waals surface area contributed by atoms with Crippen molar-refractivity contribution in [3.63, 3.8) is 0 Å². The first kappa shape index (κ1) is 18.4. The number of amides is 1. The highest BCUT2D eigenvalue weighted by atomic mass is 16.6. The molecule has 1 amide bonds. The molecular formula is C19H17N2O6-.